The largest absolute Gasteiger partial charge is 1.00 e. The first-order valence-corrected chi connectivity index (χ1v) is 7.22. The zero-order chi connectivity index (χ0) is 12.8. The molecule has 2 N–H and O–H groups in total. The Kier molecular flexibility index (Phi) is 8.68. The van der Waals surface area contributed by atoms with Crippen molar-refractivity contribution < 1.29 is 66.2 Å². The normalized spacial score (nSPS) is 22.1. The maximum absolute atomic E-state index is 12.0. The van der Waals surface area contributed by atoms with Crippen LogP contribution in [0.25, 0.3) is 0 Å². The van der Waals surface area contributed by atoms with Crippen molar-refractivity contribution >= 4 is 5.91 Å². The molecule has 1 amide bonds. The summed E-state index contributed by atoms with van der Waals surface area (Å²) in [5.74, 6) is 0.251. The van der Waals surface area contributed by atoms with Crippen LogP contribution in [0.15, 0.2) is 0 Å². The number of nitrogens with two attached hydrogens (primary N) is 1. The fourth-order valence-electron chi connectivity index (χ4n) is 3.24. The third-order valence-corrected chi connectivity index (χ3v) is 4.54. The number of nitrogens with zero attached hydrogens (tertiary/aromatic N) is 1. The maximum Gasteiger partial charge on any atom is 1.00 e. The van der Waals surface area contributed by atoms with Crippen LogP contribution in [0.3, 0.4) is 0 Å². The Labute approximate surface area is 159 Å². The average Bonchev–Trinajstić information content (AvgIpc) is 2.41. The Morgan fingerprint density at radius 1 is 1.21 bits per heavy atom. The number of rotatable bonds is 4. The minimum Gasteiger partial charge on any atom is -0.413 e. The van der Waals surface area contributed by atoms with Gasteiger partial charge in [-0.05, 0) is 18.3 Å². The third kappa shape index (κ3) is 5.38. The van der Waals surface area contributed by atoms with E-state index in [1.54, 1.807) is 0 Å². The van der Waals surface area contributed by atoms with E-state index in [9.17, 15) is 4.79 Å². The molecule has 5 heteroatoms. The number of hydrogen-bond acceptors (Lipinski definition) is 2. The number of piperidine rings is 2. The Morgan fingerprint density at radius 3 is 2.42 bits per heavy atom. The summed E-state index contributed by atoms with van der Waals surface area (Å²) in [5, 5.41) is 2.42. The number of carbonyl (C=O) groups is 1. The molecule has 4 nitrogen and oxygen atoms in total. The van der Waals surface area contributed by atoms with Crippen molar-refractivity contribution in [2.45, 2.75) is 32.1 Å². The van der Waals surface area contributed by atoms with Gasteiger partial charge >= 0.3 is 51.4 Å². The molecule has 2 aliphatic heterocycles. The van der Waals surface area contributed by atoms with Crippen molar-refractivity contribution in [2.75, 3.05) is 39.4 Å². The molecular weight excluding hydrogens is 267 g/mol. The molecule has 19 heavy (non-hydrogen) atoms. The van der Waals surface area contributed by atoms with E-state index in [1.165, 1.54) is 38.8 Å². The molecule has 0 aromatic rings. The van der Waals surface area contributed by atoms with Crippen LogP contribution < -0.4 is 56.7 Å². The monoisotopic (exact) mass is 293 g/mol. The van der Waals surface area contributed by atoms with Gasteiger partial charge in [0.15, 0.2) is 0 Å². The Bertz CT molecular complexity index is 271. The van der Waals surface area contributed by atoms with E-state index < -0.39 is 0 Å². The fraction of sp³-hybridized carbons (Fsp3) is 0.857. The molecule has 2 heterocycles. The molecule has 0 bridgehead atoms. The van der Waals surface area contributed by atoms with Crippen molar-refractivity contribution in [3.05, 3.63) is 6.92 Å². The predicted molar refractivity (Wildman–Crippen MR) is 69.9 cm³/mol. The standard InChI is InChI=1S/C14H25N2O2.K/c1-2-18-12-3-13(17)16-10-6-14(7-11-16)4-8-15-9-5-14;/h15H,1-12H2;/q-1;+1/p+1. The van der Waals surface area contributed by atoms with Gasteiger partial charge < -0.3 is 21.9 Å². The molecule has 0 aromatic carbocycles. The van der Waals surface area contributed by atoms with E-state index in [0.717, 1.165) is 13.1 Å². The summed E-state index contributed by atoms with van der Waals surface area (Å²) in [6, 6.07) is 0. The second-order valence-electron chi connectivity index (χ2n) is 5.61. The van der Waals surface area contributed by atoms with Gasteiger partial charge in [0, 0.05) is 25.9 Å². The first kappa shape index (κ1) is 18.1. The molecule has 0 aliphatic carbocycles. The first-order chi connectivity index (χ1) is 8.76. The molecule has 2 fully saturated rings. The van der Waals surface area contributed by atoms with Crippen LogP contribution >= 0.6 is 0 Å². The van der Waals surface area contributed by atoms with Crippen LogP contribution in [0.2, 0.25) is 0 Å². The van der Waals surface area contributed by atoms with Crippen molar-refractivity contribution in [2.24, 2.45) is 5.41 Å². The zero-order valence-electron chi connectivity index (χ0n) is 12.3. The molecule has 104 valence electrons. The number of carbonyl (C=O) groups excluding carboxylic acids is 1. The van der Waals surface area contributed by atoms with E-state index in [2.05, 4.69) is 12.2 Å². The van der Waals surface area contributed by atoms with Crippen molar-refractivity contribution in [1.29, 1.82) is 0 Å². The van der Waals surface area contributed by atoms with Gasteiger partial charge in [0.1, 0.15) is 0 Å². The van der Waals surface area contributed by atoms with Crippen molar-refractivity contribution in [1.82, 2.24) is 4.90 Å². The fourth-order valence-corrected chi connectivity index (χ4v) is 3.24. The van der Waals surface area contributed by atoms with Gasteiger partial charge in [-0.2, -0.15) is 0 Å². The molecule has 0 unspecified atom stereocenters. The van der Waals surface area contributed by atoms with E-state index >= 15 is 0 Å². The number of likely N-dealkylation sites (tertiary alicyclic amines) is 1. The van der Waals surface area contributed by atoms with Crippen LogP contribution in [-0.2, 0) is 9.53 Å². The number of amides is 1. The second kappa shape index (κ2) is 9.13. The molecule has 0 atom stereocenters. The molecule has 1 spiro atoms. The van der Waals surface area contributed by atoms with Gasteiger partial charge in [-0.3, -0.25) is 4.79 Å². The van der Waals surface area contributed by atoms with Crippen molar-refractivity contribution in [3.63, 3.8) is 0 Å². The van der Waals surface area contributed by atoms with Gasteiger partial charge in [0.05, 0.1) is 26.1 Å². The molecular formula is C14H26KN2O2+. The molecule has 2 aliphatic rings. The molecule has 0 saturated carbocycles. The van der Waals surface area contributed by atoms with E-state index in [4.69, 9.17) is 4.74 Å². The smallest absolute Gasteiger partial charge is 0.413 e. The summed E-state index contributed by atoms with van der Waals surface area (Å²) < 4.78 is 5.14. The van der Waals surface area contributed by atoms with Crippen molar-refractivity contribution in [3.8, 4) is 0 Å². The molecule has 2 rings (SSSR count). The van der Waals surface area contributed by atoms with Crippen LogP contribution in [0.4, 0.5) is 0 Å². The van der Waals surface area contributed by atoms with E-state index in [-0.39, 0.29) is 57.3 Å². The minimum absolute atomic E-state index is 0. The first-order valence-electron chi connectivity index (χ1n) is 7.22. The minimum atomic E-state index is 0. The van der Waals surface area contributed by atoms with E-state index in [1.807, 2.05) is 4.90 Å². The number of ether oxygens (including phenoxy) is 1. The SMILES string of the molecule is [CH2-]COCCC(=O)N1CCC2(CC[NH2+]CC2)CC1.[K+]. The second-order valence-corrected chi connectivity index (χ2v) is 5.61. The predicted octanol–water partition coefficient (Wildman–Crippen LogP) is -2.80. The Morgan fingerprint density at radius 2 is 1.84 bits per heavy atom. The molecule has 0 radical (unpaired) electrons. The molecule has 2 saturated heterocycles. The van der Waals surface area contributed by atoms with Crippen LogP contribution in [0, 0.1) is 12.3 Å². The Balaban J connectivity index is 0.00000180. The van der Waals surface area contributed by atoms with E-state index in [0.29, 0.717) is 25.0 Å². The molecule has 0 aromatic heterocycles. The van der Waals surface area contributed by atoms with Gasteiger partial charge in [0.25, 0.3) is 0 Å². The Hall–Kier alpha value is 1.03. The maximum atomic E-state index is 12.0. The van der Waals surface area contributed by atoms with Gasteiger partial charge in [0.2, 0.25) is 5.91 Å². The van der Waals surface area contributed by atoms with Gasteiger partial charge in [-0.1, -0.05) is 6.61 Å². The summed E-state index contributed by atoms with van der Waals surface area (Å²) in [4.78, 5) is 14.0. The summed E-state index contributed by atoms with van der Waals surface area (Å²) in [5.41, 5.74) is 0.551. The zero-order valence-corrected chi connectivity index (χ0v) is 15.4. The number of hydrogen-bond donors (Lipinski definition) is 1. The quantitative estimate of drug-likeness (QED) is 0.346. The summed E-state index contributed by atoms with van der Waals surface area (Å²) in [7, 11) is 0. The van der Waals surface area contributed by atoms with Gasteiger partial charge in [-0.15, -0.1) is 0 Å². The summed E-state index contributed by atoms with van der Waals surface area (Å²) in [6.45, 7) is 9.00. The topological polar surface area (TPSA) is 46.1 Å². The van der Waals surface area contributed by atoms with Crippen LogP contribution in [-0.4, -0.2) is 50.2 Å². The van der Waals surface area contributed by atoms with Crippen LogP contribution in [0.1, 0.15) is 32.1 Å². The average molecular weight is 293 g/mol. The third-order valence-electron chi connectivity index (χ3n) is 4.54. The summed E-state index contributed by atoms with van der Waals surface area (Å²) >= 11 is 0. The van der Waals surface area contributed by atoms with Crippen LogP contribution in [0.5, 0.6) is 0 Å². The number of quaternary nitrogens is 1. The van der Waals surface area contributed by atoms with Gasteiger partial charge in [-0.25, -0.2) is 0 Å². The summed E-state index contributed by atoms with van der Waals surface area (Å²) in [6.07, 6.45) is 5.57.